The van der Waals surface area contributed by atoms with Crippen LogP contribution >= 0.6 is 8.03 Å². The highest BCUT2D eigenvalue weighted by Gasteiger charge is 2.30. The Morgan fingerprint density at radius 2 is 2.21 bits per heavy atom. The third kappa shape index (κ3) is 5.93. The number of carbonyl (C=O) groups excluding carboxylic acids is 1. The molecule has 1 heterocycles. The molecule has 7 heteroatoms. The normalized spacial score (nSPS) is 20.5. The van der Waals surface area contributed by atoms with Crippen molar-refractivity contribution >= 4 is 14.1 Å². The van der Waals surface area contributed by atoms with E-state index in [1.54, 1.807) is 0 Å². The molecule has 0 aliphatic carbocycles. The second-order valence-electron chi connectivity index (χ2n) is 6.18. The lowest BCUT2D eigenvalue weighted by atomic mass is 10.1. The van der Waals surface area contributed by atoms with Gasteiger partial charge in [0.05, 0.1) is 5.78 Å². The minimum Gasteiger partial charge on any atom is -0.445 e. The van der Waals surface area contributed by atoms with Crippen molar-refractivity contribution in [2.75, 3.05) is 13.1 Å². The summed E-state index contributed by atoms with van der Waals surface area (Å²) in [5.41, 5.74) is 0.943. The first-order valence-electron chi connectivity index (χ1n) is 8.54. The largest absolute Gasteiger partial charge is 0.445 e. The molecule has 1 aromatic carbocycles. The molecule has 6 nitrogen and oxygen atoms in total. The van der Waals surface area contributed by atoms with E-state index in [4.69, 9.17) is 4.74 Å². The van der Waals surface area contributed by atoms with Gasteiger partial charge in [-0.15, -0.1) is 0 Å². The predicted octanol–water partition coefficient (Wildman–Crippen LogP) is 2.97. The third-order valence-electron chi connectivity index (χ3n) is 4.28. The molecule has 2 N–H and O–H groups in total. The summed E-state index contributed by atoms with van der Waals surface area (Å²) in [6.07, 6.45) is 2.99. The molecule has 3 atom stereocenters. The van der Waals surface area contributed by atoms with E-state index in [-0.39, 0.29) is 18.4 Å². The summed E-state index contributed by atoms with van der Waals surface area (Å²) in [5, 5.41) is 2.90. The summed E-state index contributed by atoms with van der Waals surface area (Å²) in [6.45, 7) is 3.70. The number of carbonyl (C=O) groups is 1. The Bertz CT molecular complexity index is 541. The minimum atomic E-state index is -2.56. The molecule has 0 radical (unpaired) electrons. The van der Waals surface area contributed by atoms with Crippen LogP contribution in [-0.2, 0) is 15.9 Å². The number of nitrogens with one attached hydrogen (secondary N) is 1. The Morgan fingerprint density at radius 1 is 1.46 bits per heavy atom. The highest BCUT2D eigenvalue weighted by molar-refractivity contribution is 7.38. The van der Waals surface area contributed by atoms with E-state index < -0.39 is 14.1 Å². The maximum absolute atomic E-state index is 12.0. The molecular formula is C17H27N2O4P. The molecular weight excluding hydrogens is 327 g/mol. The van der Waals surface area contributed by atoms with Crippen LogP contribution in [0.25, 0.3) is 0 Å². The molecule has 24 heavy (non-hydrogen) atoms. The summed E-state index contributed by atoms with van der Waals surface area (Å²) in [6, 6.07) is 9.47. The summed E-state index contributed by atoms with van der Waals surface area (Å²) >= 11 is 0. The number of benzene rings is 1. The first-order valence-corrected chi connectivity index (χ1v) is 9.97. The van der Waals surface area contributed by atoms with E-state index in [9.17, 15) is 14.3 Å². The lowest BCUT2D eigenvalue weighted by Crippen LogP contribution is -2.44. The SMILES string of the molecule is CCC[C@@H](CN1CCCC1[PH](=O)O)NC(=O)OCc1ccccc1. The Kier molecular flexibility index (Phi) is 7.76. The van der Waals surface area contributed by atoms with Crippen LogP contribution in [0.3, 0.4) is 0 Å². The molecule has 0 aromatic heterocycles. The van der Waals surface area contributed by atoms with Gasteiger partial charge in [-0.3, -0.25) is 9.46 Å². The zero-order chi connectivity index (χ0) is 17.4. The number of hydrogen-bond acceptors (Lipinski definition) is 4. The Labute approximate surface area is 144 Å². The third-order valence-corrected chi connectivity index (χ3v) is 5.50. The summed E-state index contributed by atoms with van der Waals surface area (Å²) in [5.74, 6) is -0.253. The van der Waals surface area contributed by atoms with E-state index >= 15 is 0 Å². The molecule has 0 bridgehead atoms. The van der Waals surface area contributed by atoms with Crippen LogP contribution in [0.2, 0.25) is 0 Å². The van der Waals surface area contributed by atoms with E-state index in [0.29, 0.717) is 6.54 Å². The van der Waals surface area contributed by atoms with Crippen LogP contribution in [0.1, 0.15) is 38.2 Å². The molecule has 0 spiro atoms. The van der Waals surface area contributed by atoms with Gasteiger partial charge in [-0.05, 0) is 31.4 Å². The first kappa shape index (κ1) is 19.0. The highest BCUT2D eigenvalue weighted by atomic mass is 31.1. The second kappa shape index (κ2) is 9.82. The number of hydrogen-bond donors (Lipinski definition) is 2. The van der Waals surface area contributed by atoms with Crippen LogP contribution in [-0.4, -0.2) is 40.8 Å². The number of ether oxygens (including phenoxy) is 1. The fraction of sp³-hybridized carbons (Fsp3) is 0.588. The predicted molar refractivity (Wildman–Crippen MR) is 94.3 cm³/mol. The van der Waals surface area contributed by atoms with Gasteiger partial charge in [-0.1, -0.05) is 43.7 Å². The summed E-state index contributed by atoms with van der Waals surface area (Å²) < 4.78 is 16.7. The quantitative estimate of drug-likeness (QED) is 0.702. The average molecular weight is 354 g/mol. The van der Waals surface area contributed by atoms with E-state index in [1.165, 1.54) is 0 Å². The Morgan fingerprint density at radius 3 is 2.88 bits per heavy atom. The molecule has 2 rings (SSSR count). The Balaban J connectivity index is 1.83. The highest BCUT2D eigenvalue weighted by Crippen LogP contribution is 2.34. The minimum absolute atomic E-state index is 0.0692. The van der Waals surface area contributed by atoms with Gasteiger partial charge in [0.2, 0.25) is 8.03 Å². The number of nitrogens with zero attached hydrogens (tertiary/aromatic N) is 1. The van der Waals surface area contributed by atoms with Crippen molar-refractivity contribution in [3.63, 3.8) is 0 Å². The van der Waals surface area contributed by atoms with Crippen molar-refractivity contribution in [3.8, 4) is 0 Å². The van der Waals surface area contributed by atoms with Crippen molar-refractivity contribution in [3.05, 3.63) is 35.9 Å². The van der Waals surface area contributed by atoms with Gasteiger partial charge in [0.1, 0.15) is 6.61 Å². The van der Waals surface area contributed by atoms with Gasteiger partial charge >= 0.3 is 6.09 Å². The van der Waals surface area contributed by atoms with Crippen molar-refractivity contribution in [2.45, 2.75) is 51.0 Å². The van der Waals surface area contributed by atoms with Crippen LogP contribution in [0.5, 0.6) is 0 Å². The number of alkyl carbamates (subject to hydrolysis) is 1. The van der Waals surface area contributed by atoms with Crippen LogP contribution < -0.4 is 5.32 Å². The maximum Gasteiger partial charge on any atom is 0.407 e. The Hall–Kier alpha value is -1.36. The smallest absolute Gasteiger partial charge is 0.407 e. The average Bonchev–Trinajstić information content (AvgIpc) is 3.02. The van der Waals surface area contributed by atoms with Gasteiger partial charge in [-0.2, -0.15) is 0 Å². The van der Waals surface area contributed by atoms with Crippen LogP contribution in [0, 0.1) is 0 Å². The van der Waals surface area contributed by atoms with Gasteiger partial charge in [0.15, 0.2) is 0 Å². The van der Waals surface area contributed by atoms with Crippen molar-refractivity contribution < 1.29 is 19.0 Å². The molecule has 0 saturated carbocycles. The molecule has 1 amide bonds. The number of amides is 1. The lowest BCUT2D eigenvalue weighted by molar-refractivity contribution is 0.131. The van der Waals surface area contributed by atoms with Crippen molar-refractivity contribution in [1.82, 2.24) is 10.2 Å². The molecule has 1 aliphatic rings. The standard InChI is InChI=1S/C17H27N2O4P/c1-2-7-15(12-19-11-6-10-16(19)24(21)22)18-17(20)23-13-14-8-4-3-5-9-14/h3-5,8-9,15-16,24H,2,6-7,10-13H2,1H3,(H,18,20)(H,21,22)/t15-,16?/m0/s1. The van der Waals surface area contributed by atoms with E-state index in [1.807, 2.05) is 35.2 Å². The van der Waals surface area contributed by atoms with E-state index in [2.05, 4.69) is 12.2 Å². The summed E-state index contributed by atoms with van der Waals surface area (Å²) in [4.78, 5) is 23.5. The topological polar surface area (TPSA) is 78.9 Å². The summed E-state index contributed by atoms with van der Waals surface area (Å²) in [7, 11) is -2.56. The monoisotopic (exact) mass is 354 g/mol. The molecule has 1 fully saturated rings. The van der Waals surface area contributed by atoms with Gasteiger partial charge in [0, 0.05) is 12.6 Å². The fourth-order valence-electron chi connectivity index (χ4n) is 3.10. The van der Waals surface area contributed by atoms with E-state index in [0.717, 1.165) is 37.8 Å². The zero-order valence-electron chi connectivity index (χ0n) is 14.1. The molecule has 1 aliphatic heterocycles. The maximum atomic E-state index is 12.0. The van der Waals surface area contributed by atoms with Gasteiger partial charge < -0.3 is 14.9 Å². The first-order chi connectivity index (χ1) is 11.6. The molecule has 2 unspecified atom stereocenters. The van der Waals surface area contributed by atoms with Crippen LogP contribution in [0.15, 0.2) is 30.3 Å². The fourth-order valence-corrected chi connectivity index (χ4v) is 4.09. The molecule has 1 saturated heterocycles. The molecule has 1 aromatic rings. The second-order valence-corrected chi connectivity index (χ2v) is 7.53. The number of likely N-dealkylation sites (tertiary alicyclic amines) is 1. The van der Waals surface area contributed by atoms with Gasteiger partial charge in [-0.25, -0.2) is 4.79 Å². The van der Waals surface area contributed by atoms with Crippen LogP contribution in [0.4, 0.5) is 4.79 Å². The van der Waals surface area contributed by atoms with Crippen molar-refractivity contribution in [1.29, 1.82) is 0 Å². The van der Waals surface area contributed by atoms with Crippen molar-refractivity contribution in [2.24, 2.45) is 0 Å². The molecule has 134 valence electrons. The number of rotatable bonds is 8. The zero-order valence-corrected chi connectivity index (χ0v) is 15.1. The van der Waals surface area contributed by atoms with Gasteiger partial charge in [0.25, 0.3) is 0 Å². The lowest BCUT2D eigenvalue weighted by Gasteiger charge is -2.27.